The molecule has 1 nitrogen and oxygen atoms in total. The van der Waals surface area contributed by atoms with E-state index in [4.69, 9.17) is 0 Å². The highest BCUT2D eigenvalue weighted by Crippen LogP contribution is 2.16. The summed E-state index contributed by atoms with van der Waals surface area (Å²) >= 11 is 0. The van der Waals surface area contributed by atoms with Gasteiger partial charge in [-0.1, -0.05) is 144 Å². The van der Waals surface area contributed by atoms with Gasteiger partial charge in [-0.25, -0.2) is 0 Å². The van der Waals surface area contributed by atoms with Crippen LogP contribution >= 0.6 is 0 Å². The highest BCUT2D eigenvalue weighted by atomic mass is 16.1. The SMILES string of the molecule is CCC.CCC(C)C.CCCCC.CCCCC.Cc1cc(/C=C/C=C/C=O)cc(C)c1C. The van der Waals surface area contributed by atoms with Crippen molar-refractivity contribution in [2.24, 2.45) is 5.92 Å². The lowest BCUT2D eigenvalue weighted by Crippen LogP contribution is -1.87. The molecular weight excluding hydrogens is 400 g/mol. The van der Waals surface area contributed by atoms with Gasteiger partial charge < -0.3 is 0 Å². The quantitative estimate of drug-likeness (QED) is 0.214. The minimum Gasteiger partial charge on any atom is -0.299 e. The monoisotopic (exact) mass is 460 g/mol. The third kappa shape index (κ3) is 35.2. The molecule has 1 aromatic carbocycles. The molecule has 0 bridgehead atoms. The Kier molecular flexibility index (Phi) is 38.1. The van der Waals surface area contributed by atoms with Crippen LogP contribution in [0.3, 0.4) is 0 Å². The van der Waals surface area contributed by atoms with Crippen LogP contribution in [0.2, 0.25) is 0 Å². The third-order valence-electron chi connectivity index (χ3n) is 4.77. The fourth-order valence-corrected chi connectivity index (χ4v) is 2.15. The maximum absolute atomic E-state index is 10.0. The smallest absolute Gasteiger partial charge is 0.142 e. The zero-order valence-corrected chi connectivity index (χ0v) is 24.7. The van der Waals surface area contributed by atoms with Gasteiger partial charge in [0.15, 0.2) is 0 Å². The van der Waals surface area contributed by atoms with Crippen LogP contribution in [0.25, 0.3) is 6.08 Å². The number of carbonyl (C=O) groups excluding carboxylic acids is 1. The zero-order valence-electron chi connectivity index (χ0n) is 24.7. The van der Waals surface area contributed by atoms with Gasteiger partial charge in [-0.2, -0.15) is 0 Å². The van der Waals surface area contributed by atoms with Crippen molar-refractivity contribution >= 4 is 12.4 Å². The molecule has 0 aliphatic carbocycles. The van der Waals surface area contributed by atoms with Gasteiger partial charge in [0.2, 0.25) is 0 Å². The van der Waals surface area contributed by atoms with Crippen molar-refractivity contribution in [3.05, 3.63) is 52.6 Å². The Morgan fingerprint density at radius 2 is 1.06 bits per heavy atom. The van der Waals surface area contributed by atoms with Crippen LogP contribution in [0.1, 0.15) is 136 Å². The normalized spacial score (nSPS) is 9.73. The molecule has 0 fully saturated rings. The molecule has 1 rings (SSSR count). The van der Waals surface area contributed by atoms with Crippen molar-refractivity contribution in [2.75, 3.05) is 0 Å². The van der Waals surface area contributed by atoms with Gasteiger partial charge in [-0.3, -0.25) is 4.79 Å². The highest BCUT2D eigenvalue weighted by molar-refractivity contribution is 5.66. The van der Waals surface area contributed by atoms with Gasteiger partial charge in [0.05, 0.1) is 0 Å². The van der Waals surface area contributed by atoms with Gasteiger partial charge in [0.1, 0.15) is 6.29 Å². The second-order valence-electron chi connectivity index (χ2n) is 8.88. The van der Waals surface area contributed by atoms with Crippen LogP contribution in [0, 0.1) is 26.7 Å². The van der Waals surface area contributed by atoms with Crippen LogP contribution in [-0.2, 0) is 4.79 Å². The molecule has 0 spiro atoms. The summed E-state index contributed by atoms with van der Waals surface area (Å²) in [6, 6.07) is 4.29. The summed E-state index contributed by atoms with van der Waals surface area (Å²) in [5.74, 6) is 0.884. The molecule has 0 atom stereocenters. The molecule has 0 unspecified atom stereocenters. The Labute approximate surface area is 210 Å². The fourth-order valence-electron chi connectivity index (χ4n) is 2.15. The van der Waals surface area contributed by atoms with Gasteiger partial charge in [0, 0.05) is 0 Å². The van der Waals surface area contributed by atoms with E-state index in [1.807, 2.05) is 12.2 Å². The number of hydrogen-bond donors (Lipinski definition) is 0. The van der Waals surface area contributed by atoms with Crippen molar-refractivity contribution in [1.82, 2.24) is 0 Å². The molecule has 0 heterocycles. The van der Waals surface area contributed by atoms with Crippen molar-refractivity contribution < 1.29 is 4.79 Å². The molecule has 0 aliphatic rings. The summed E-state index contributed by atoms with van der Waals surface area (Å²) in [7, 11) is 0. The minimum absolute atomic E-state index is 0.774. The van der Waals surface area contributed by atoms with E-state index in [1.54, 1.807) is 6.08 Å². The van der Waals surface area contributed by atoms with Crippen molar-refractivity contribution in [1.29, 1.82) is 0 Å². The van der Waals surface area contributed by atoms with Gasteiger partial charge in [0.25, 0.3) is 0 Å². The summed E-state index contributed by atoms with van der Waals surface area (Å²) in [4.78, 5) is 10.0. The van der Waals surface area contributed by atoms with Gasteiger partial charge in [-0.05, 0) is 55.0 Å². The lowest BCUT2D eigenvalue weighted by molar-refractivity contribution is -0.104. The second kappa shape index (κ2) is 32.5. The Bertz CT molecular complexity index is 531. The van der Waals surface area contributed by atoms with E-state index >= 15 is 0 Å². The Balaban J connectivity index is -0.000000193. The maximum Gasteiger partial charge on any atom is 0.142 e. The molecule has 0 N–H and O–H groups in total. The number of carbonyl (C=O) groups is 1. The molecule has 194 valence electrons. The lowest BCUT2D eigenvalue weighted by Gasteiger charge is -2.05. The van der Waals surface area contributed by atoms with Crippen molar-refractivity contribution in [2.45, 2.75) is 134 Å². The number of unbranched alkanes of at least 4 members (excludes halogenated alkanes) is 4. The third-order valence-corrected chi connectivity index (χ3v) is 4.77. The summed E-state index contributed by atoms with van der Waals surface area (Å²) in [6.07, 6.45) is 18.6. The van der Waals surface area contributed by atoms with E-state index in [0.717, 1.165) is 12.2 Å². The van der Waals surface area contributed by atoms with Gasteiger partial charge >= 0.3 is 0 Å². The molecular formula is C32H60O. The van der Waals surface area contributed by atoms with Crippen LogP contribution in [0.5, 0.6) is 0 Å². The number of aldehydes is 1. The summed E-state index contributed by atoms with van der Waals surface area (Å²) in [5, 5.41) is 0. The maximum atomic E-state index is 10.0. The van der Waals surface area contributed by atoms with E-state index in [0.29, 0.717) is 0 Å². The lowest BCUT2D eigenvalue weighted by atomic mass is 10.0. The molecule has 0 amide bonds. The molecule has 1 aromatic rings. The van der Waals surface area contributed by atoms with Crippen molar-refractivity contribution in [3.63, 3.8) is 0 Å². The first-order chi connectivity index (χ1) is 15.7. The second-order valence-corrected chi connectivity index (χ2v) is 8.88. The predicted molar refractivity (Wildman–Crippen MR) is 156 cm³/mol. The molecule has 1 heteroatoms. The van der Waals surface area contributed by atoms with Crippen LogP contribution in [0.4, 0.5) is 0 Å². The first-order valence-corrected chi connectivity index (χ1v) is 13.5. The predicted octanol–water partition coefficient (Wildman–Crippen LogP) is 11.2. The first-order valence-electron chi connectivity index (χ1n) is 13.5. The molecule has 0 saturated carbocycles. The highest BCUT2D eigenvalue weighted by Gasteiger charge is 1.97. The average molecular weight is 461 g/mol. The van der Waals surface area contributed by atoms with Crippen LogP contribution < -0.4 is 0 Å². The van der Waals surface area contributed by atoms with E-state index in [2.05, 4.69) is 95.2 Å². The largest absolute Gasteiger partial charge is 0.299 e. The Hall–Kier alpha value is -1.63. The number of benzene rings is 1. The topological polar surface area (TPSA) is 17.1 Å². The Morgan fingerprint density at radius 1 is 0.697 bits per heavy atom. The molecule has 33 heavy (non-hydrogen) atoms. The standard InChI is InChI=1S/C14H16O.3C5H12.C3H8/c1-11-9-14(7-5-4-6-8-15)10-12(2)13(11)3;1-4-5(2)3;2*1-3-5-4-2;1-3-2/h4-10H,1-3H3;5H,4H2,1-3H3;2*3-5H2,1-2H3;3H2,1-2H3/b6-4+,7-5+;;;;. The number of hydrogen-bond acceptors (Lipinski definition) is 1. The van der Waals surface area contributed by atoms with E-state index in [1.165, 1.54) is 79.7 Å². The summed E-state index contributed by atoms with van der Waals surface area (Å²) in [5.41, 5.74) is 5.12. The molecule has 0 radical (unpaired) electrons. The van der Waals surface area contributed by atoms with E-state index in [-0.39, 0.29) is 0 Å². The van der Waals surface area contributed by atoms with Crippen LogP contribution in [0.15, 0.2) is 30.4 Å². The molecule has 0 aliphatic heterocycles. The zero-order chi connectivity index (χ0) is 26.5. The van der Waals surface area contributed by atoms with E-state index in [9.17, 15) is 4.79 Å². The van der Waals surface area contributed by atoms with E-state index < -0.39 is 0 Å². The minimum atomic E-state index is 0.774. The summed E-state index contributed by atoms with van der Waals surface area (Å²) in [6.45, 7) is 26.1. The molecule has 0 aromatic heterocycles. The first kappa shape index (κ1) is 38.6. The van der Waals surface area contributed by atoms with Crippen LogP contribution in [-0.4, -0.2) is 6.29 Å². The summed E-state index contributed by atoms with van der Waals surface area (Å²) < 4.78 is 0. The van der Waals surface area contributed by atoms with Gasteiger partial charge in [-0.15, -0.1) is 0 Å². The molecule has 0 saturated heterocycles. The fraction of sp³-hybridized carbons (Fsp3) is 0.656. The average Bonchev–Trinajstić information content (AvgIpc) is 2.78. The Morgan fingerprint density at radius 3 is 1.30 bits per heavy atom. The number of aryl methyl sites for hydroxylation is 2. The van der Waals surface area contributed by atoms with Crippen molar-refractivity contribution in [3.8, 4) is 0 Å². The number of rotatable bonds is 8. The number of allylic oxidation sites excluding steroid dienone is 3.